The number of ether oxygens (including phenoxy) is 1. The number of carbonyl (C=O) groups is 2. The molecule has 0 aliphatic heterocycles. The van der Waals surface area contributed by atoms with E-state index in [0.717, 1.165) is 24.8 Å². The molecule has 0 fully saturated rings. The van der Waals surface area contributed by atoms with E-state index < -0.39 is 0 Å². The second-order valence-corrected chi connectivity index (χ2v) is 5.40. The molecule has 5 nitrogen and oxygen atoms in total. The third kappa shape index (κ3) is 8.00. The Morgan fingerprint density at radius 2 is 1.83 bits per heavy atom. The summed E-state index contributed by atoms with van der Waals surface area (Å²) in [6, 6.07) is 9.32. The van der Waals surface area contributed by atoms with Crippen molar-refractivity contribution in [1.29, 1.82) is 0 Å². The molecule has 1 rings (SSSR count). The van der Waals surface area contributed by atoms with Crippen LogP contribution < -0.4 is 11.1 Å². The molecule has 1 aromatic rings. The van der Waals surface area contributed by atoms with Crippen LogP contribution in [0.2, 0.25) is 0 Å². The van der Waals surface area contributed by atoms with Crippen LogP contribution in [0, 0.1) is 5.92 Å². The first-order chi connectivity index (χ1) is 10.6. The van der Waals surface area contributed by atoms with E-state index in [9.17, 15) is 9.59 Å². The molecule has 0 saturated heterocycles. The molecule has 3 N–H and O–H groups in total. The van der Waals surface area contributed by atoms with Gasteiger partial charge in [-0.25, -0.2) is 0 Å². The van der Waals surface area contributed by atoms with E-state index in [-0.39, 0.29) is 36.2 Å². The van der Waals surface area contributed by atoms with E-state index in [2.05, 4.69) is 10.1 Å². The maximum Gasteiger partial charge on any atom is 0.305 e. The number of rotatable bonds is 9. The fraction of sp³-hybridized carbons (Fsp3) is 0.529. The highest BCUT2D eigenvalue weighted by Gasteiger charge is 2.21. The van der Waals surface area contributed by atoms with Crippen LogP contribution in [-0.2, 0) is 14.3 Å². The fourth-order valence-corrected chi connectivity index (χ4v) is 2.17. The molecule has 0 spiro atoms. The van der Waals surface area contributed by atoms with Gasteiger partial charge in [0.25, 0.3) is 0 Å². The molecule has 0 aliphatic rings. The normalized spacial score (nSPS) is 12.7. The first-order valence-electron chi connectivity index (χ1n) is 7.71. The Labute approximate surface area is 144 Å². The quantitative estimate of drug-likeness (QED) is 0.534. The molecule has 0 aliphatic carbocycles. The Balaban J connectivity index is 0.00000484. The molecular weight excluding hydrogens is 316 g/mol. The van der Waals surface area contributed by atoms with Crippen molar-refractivity contribution < 1.29 is 14.3 Å². The second kappa shape index (κ2) is 11.9. The fourth-order valence-electron chi connectivity index (χ4n) is 2.17. The smallest absolute Gasteiger partial charge is 0.305 e. The lowest BCUT2D eigenvalue weighted by atomic mass is 9.94. The molecule has 130 valence electrons. The lowest BCUT2D eigenvalue weighted by molar-refractivity contribution is -0.140. The molecule has 0 saturated carbocycles. The van der Waals surface area contributed by atoms with E-state index in [1.54, 1.807) is 0 Å². The average molecular weight is 343 g/mol. The predicted octanol–water partition coefficient (Wildman–Crippen LogP) is 2.59. The molecule has 1 amide bonds. The van der Waals surface area contributed by atoms with E-state index in [1.165, 1.54) is 7.11 Å². The van der Waals surface area contributed by atoms with Gasteiger partial charge < -0.3 is 15.8 Å². The topological polar surface area (TPSA) is 81.4 Å². The highest BCUT2D eigenvalue weighted by molar-refractivity contribution is 5.85. The number of hydrogen-bond donors (Lipinski definition) is 2. The molecule has 0 aromatic heterocycles. The van der Waals surface area contributed by atoms with Gasteiger partial charge in [-0.3, -0.25) is 9.59 Å². The predicted molar refractivity (Wildman–Crippen MR) is 93.3 cm³/mol. The van der Waals surface area contributed by atoms with Crippen LogP contribution in [0.15, 0.2) is 30.3 Å². The van der Waals surface area contributed by atoms with Gasteiger partial charge in [0.05, 0.1) is 13.0 Å². The Morgan fingerprint density at radius 3 is 2.43 bits per heavy atom. The first kappa shape index (κ1) is 21.4. The lowest BCUT2D eigenvalue weighted by Crippen LogP contribution is -2.36. The summed E-state index contributed by atoms with van der Waals surface area (Å²) in [7, 11) is 1.39. The van der Waals surface area contributed by atoms with Crippen LogP contribution >= 0.6 is 12.4 Å². The van der Waals surface area contributed by atoms with E-state index in [1.807, 2.05) is 37.3 Å². The molecular formula is C17H27ClN2O3. The van der Waals surface area contributed by atoms with Gasteiger partial charge in [0.15, 0.2) is 0 Å². The molecule has 1 aromatic carbocycles. The van der Waals surface area contributed by atoms with Crippen LogP contribution in [0.3, 0.4) is 0 Å². The van der Waals surface area contributed by atoms with Crippen LogP contribution in [0.25, 0.3) is 0 Å². The minimum atomic E-state index is -0.305. The van der Waals surface area contributed by atoms with E-state index in [0.29, 0.717) is 13.0 Å². The first-order valence-corrected chi connectivity index (χ1v) is 7.71. The van der Waals surface area contributed by atoms with Crippen LogP contribution in [0.5, 0.6) is 0 Å². The molecule has 2 unspecified atom stereocenters. The molecule has 0 radical (unpaired) electrons. The third-order valence-electron chi connectivity index (χ3n) is 3.72. The van der Waals surface area contributed by atoms with Crippen molar-refractivity contribution in [2.75, 3.05) is 13.7 Å². The minimum Gasteiger partial charge on any atom is -0.469 e. The number of nitrogens with two attached hydrogens (primary N) is 1. The summed E-state index contributed by atoms with van der Waals surface area (Å²) in [6.07, 6.45) is 2.94. The maximum atomic E-state index is 12.1. The molecule has 0 heterocycles. The number of hydrogen-bond acceptors (Lipinski definition) is 4. The SMILES string of the molecule is COC(=O)CCCCCNC(=O)C(C)C(N)c1ccccc1.Cl. The summed E-state index contributed by atoms with van der Waals surface area (Å²) in [5.74, 6) is -0.506. The number of carbonyl (C=O) groups excluding carboxylic acids is 2. The number of benzene rings is 1. The Hall–Kier alpha value is -1.59. The number of unbranched alkanes of at least 4 members (excludes halogenated alkanes) is 2. The van der Waals surface area contributed by atoms with Crippen molar-refractivity contribution in [3.8, 4) is 0 Å². The summed E-state index contributed by atoms with van der Waals surface area (Å²) in [4.78, 5) is 23.0. The van der Waals surface area contributed by atoms with Gasteiger partial charge in [-0.05, 0) is 18.4 Å². The Kier molecular flexibility index (Phi) is 11.1. The average Bonchev–Trinajstić information content (AvgIpc) is 2.56. The van der Waals surface area contributed by atoms with Crippen molar-refractivity contribution >= 4 is 24.3 Å². The second-order valence-electron chi connectivity index (χ2n) is 5.40. The zero-order valence-electron chi connectivity index (χ0n) is 13.8. The van der Waals surface area contributed by atoms with Crippen LogP contribution in [-0.4, -0.2) is 25.5 Å². The Bertz CT molecular complexity index is 468. The monoisotopic (exact) mass is 342 g/mol. The van der Waals surface area contributed by atoms with Crippen molar-refractivity contribution in [3.63, 3.8) is 0 Å². The van der Waals surface area contributed by atoms with E-state index >= 15 is 0 Å². The number of amides is 1. The number of methoxy groups -OCH3 is 1. The lowest BCUT2D eigenvalue weighted by Gasteiger charge is -2.19. The Morgan fingerprint density at radius 1 is 1.17 bits per heavy atom. The summed E-state index contributed by atoms with van der Waals surface area (Å²) in [5, 5.41) is 2.90. The highest BCUT2D eigenvalue weighted by Crippen LogP contribution is 2.18. The van der Waals surface area contributed by atoms with Gasteiger partial charge >= 0.3 is 5.97 Å². The van der Waals surface area contributed by atoms with Crippen molar-refractivity contribution in [2.24, 2.45) is 11.7 Å². The van der Waals surface area contributed by atoms with Gasteiger partial charge in [-0.1, -0.05) is 43.7 Å². The summed E-state index contributed by atoms with van der Waals surface area (Å²) < 4.78 is 4.57. The number of halogens is 1. The summed E-state index contributed by atoms with van der Waals surface area (Å²) in [6.45, 7) is 2.44. The van der Waals surface area contributed by atoms with Crippen LogP contribution in [0.1, 0.15) is 44.2 Å². The highest BCUT2D eigenvalue weighted by atomic mass is 35.5. The third-order valence-corrected chi connectivity index (χ3v) is 3.72. The molecule has 2 atom stereocenters. The van der Waals surface area contributed by atoms with Gasteiger partial charge in [-0.15, -0.1) is 12.4 Å². The summed E-state index contributed by atoms with van der Waals surface area (Å²) >= 11 is 0. The van der Waals surface area contributed by atoms with Gasteiger partial charge in [0.1, 0.15) is 0 Å². The van der Waals surface area contributed by atoms with Gasteiger partial charge in [0, 0.05) is 19.0 Å². The number of esters is 1. The molecule has 0 bridgehead atoms. The standard InChI is InChI=1S/C17H26N2O3.ClH/c1-13(16(18)14-9-5-3-6-10-14)17(21)19-12-8-4-7-11-15(20)22-2;/h3,5-6,9-10,13,16H,4,7-8,11-12,18H2,1-2H3,(H,19,21);1H. The largest absolute Gasteiger partial charge is 0.469 e. The zero-order valence-corrected chi connectivity index (χ0v) is 14.6. The molecule has 6 heteroatoms. The minimum absolute atomic E-state index is 0. The van der Waals surface area contributed by atoms with Crippen molar-refractivity contribution in [2.45, 2.75) is 38.6 Å². The maximum absolute atomic E-state index is 12.1. The zero-order chi connectivity index (χ0) is 16.4. The van der Waals surface area contributed by atoms with Crippen LogP contribution in [0.4, 0.5) is 0 Å². The van der Waals surface area contributed by atoms with E-state index in [4.69, 9.17) is 5.73 Å². The van der Waals surface area contributed by atoms with Crippen molar-refractivity contribution in [1.82, 2.24) is 5.32 Å². The summed E-state index contributed by atoms with van der Waals surface area (Å²) in [5.41, 5.74) is 7.09. The molecule has 23 heavy (non-hydrogen) atoms. The van der Waals surface area contributed by atoms with Crippen molar-refractivity contribution in [3.05, 3.63) is 35.9 Å². The van der Waals surface area contributed by atoms with Gasteiger partial charge in [0.2, 0.25) is 5.91 Å². The number of nitrogens with one attached hydrogen (secondary N) is 1. The van der Waals surface area contributed by atoms with Gasteiger partial charge in [-0.2, -0.15) is 0 Å².